The molecule has 1 atom stereocenters. The third-order valence-electron chi connectivity index (χ3n) is 5.66. The summed E-state index contributed by atoms with van der Waals surface area (Å²) in [5.41, 5.74) is 1.25. The zero-order chi connectivity index (χ0) is 22.9. The largest absolute Gasteiger partial charge is 0.491 e. The summed E-state index contributed by atoms with van der Waals surface area (Å²) in [4.78, 5) is 15.3. The molecule has 32 heavy (non-hydrogen) atoms. The SMILES string of the molecule is CCOc1c(Cl)cc(C(=O)N(Cc2cccc3ccccc23)C2CCS(=O)(=O)C2)cc1Cl. The van der Waals surface area contributed by atoms with Crippen LogP contribution in [0.3, 0.4) is 0 Å². The third-order valence-corrected chi connectivity index (χ3v) is 7.98. The van der Waals surface area contributed by atoms with Gasteiger partial charge in [-0.05, 0) is 41.8 Å². The highest BCUT2D eigenvalue weighted by Gasteiger charge is 2.35. The lowest BCUT2D eigenvalue weighted by Gasteiger charge is -2.29. The Morgan fingerprint density at radius 3 is 2.44 bits per heavy atom. The summed E-state index contributed by atoms with van der Waals surface area (Å²) in [5.74, 6) is 0.0346. The molecule has 5 nitrogen and oxygen atoms in total. The van der Waals surface area contributed by atoms with Crippen molar-refractivity contribution in [3.8, 4) is 5.75 Å². The standard InChI is InChI=1S/C24H23Cl2NO4S/c1-2-31-23-21(25)12-18(13-22(23)26)24(28)27(19-10-11-32(29,30)15-19)14-17-8-5-7-16-6-3-4-9-20(16)17/h3-9,12-13,19H,2,10-11,14-15H2,1H3. The first kappa shape index (κ1) is 22.9. The lowest BCUT2D eigenvalue weighted by molar-refractivity contribution is 0.0682. The fraction of sp³-hybridized carbons (Fsp3) is 0.292. The van der Waals surface area contributed by atoms with Crippen molar-refractivity contribution in [3.05, 3.63) is 75.8 Å². The van der Waals surface area contributed by atoms with Crippen molar-refractivity contribution in [2.75, 3.05) is 18.1 Å². The van der Waals surface area contributed by atoms with Crippen LogP contribution in [0, 0.1) is 0 Å². The fourth-order valence-corrected chi connectivity index (χ4v) is 6.46. The van der Waals surface area contributed by atoms with Crippen LogP contribution in [0.4, 0.5) is 0 Å². The van der Waals surface area contributed by atoms with Crippen LogP contribution in [0.1, 0.15) is 29.3 Å². The van der Waals surface area contributed by atoms with E-state index in [4.69, 9.17) is 27.9 Å². The molecule has 4 rings (SSSR count). The number of fused-ring (bicyclic) bond motifs is 1. The van der Waals surface area contributed by atoms with E-state index in [2.05, 4.69) is 0 Å². The molecule has 1 saturated heterocycles. The van der Waals surface area contributed by atoms with Gasteiger partial charge in [-0.1, -0.05) is 65.7 Å². The van der Waals surface area contributed by atoms with Crippen LogP contribution in [0.25, 0.3) is 10.8 Å². The summed E-state index contributed by atoms with van der Waals surface area (Å²) in [6.45, 7) is 2.49. The Bertz CT molecular complexity index is 1250. The Hall–Kier alpha value is -2.28. The van der Waals surface area contributed by atoms with Gasteiger partial charge in [0, 0.05) is 18.2 Å². The van der Waals surface area contributed by atoms with E-state index in [-0.39, 0.29) is 34.0 Å². The minimum absolute atomic E-state index is 0.0536. The van der Waals surface area contributed by atoms with Crippen molar-refractivity contribution in [1.29, 1.82) is 0 Å². The Morgan fingerprint density at radius 1 is 1.09 bits per heavy atom. The predicted octanol–water partition coefficient (Wildman–Crippen LogP) is 5.37. The van der Waals surface area contributed by atoms with Crippen LogP contribution in [-0.2, 0) is 16.4 Å². The van der Waals surface area contributed by atoms with Crippen LogP contribution in [-0.4, -0.2) is 43.4 Å². The minimum atomic E-state index is -3.19. The van der Waals surface area contributed by atoms with Crippen molar-refractivity contribution in [2.45, 2.75) is 25.9 Å². The van der Waals surface area contributed by atoms with E-state index in [0.29, 0.717) is 24.3 Å². The molecule has 0 bridgehead atoms. The van der Waals surface area contributed by atoms with E-state index in [1.807, 2.05) is 49.4 Å². The Labute approximate surface area is 197 Å². The number of hydrogen-bond acceptors (Lipinski definition) is 4. The average molecular weight is 492 g/mol. The van der Waals surface area contributed by atoms with Gasteiger partial charge in [0.2, 0.25) is 0 Å². The molecule has 1 fully saturated rings. The van der Waals surface area contributed by atoms with Crippen LogP contribution in [0.15, 0.2) is 54.6 Å². The first-order valence-electron chi connectivity index (χ1n) is 10.4. The van der Waals surface area contributed by atoms with Gasteiger partial charge in [-0.15, -0.1) is 0 Å². The molecule has 0 saturated carbocycles. The summed E-state index contributed by atoms with van der Waals surface area (Å²) < 4.78 is 29.9. The molecule has 1 amide bonds. The van der Waals surface area contributed by atoms with Crippen LogP contribution >= 0.6 is 23.2 Å². The molecule has 0 spiro atoms. The summed E-state index contributed by atoms with van der Waals surface area (Å²) >= 11 is 12.7. The van der Waals surface area contributed by atoms with Crippen molar-refractivity contribution >= 4 is 49.7 Å². The molecule has 1 aliphatic heterocycles. The minimum Gasteiger partial charge on any atom is -0.491 e. The number of amides is 1. The Kier molecular flexibility index (Phi) is 6.65. The molecule has 168 valence electrons. The molecular weight excluding hydrogens is 469 g/mol. The highest BCUT2D eigenvalue weighted by Crippen LogP contribution is 2.35. The second-order valence-electron chi connectivity index (χ2n) is 7.83. The van der Waals surface area contributed by atoms with Gasteiger partial charge >= 0.3 is 0 Å². The fourth-order valence-electron chi connectivity index (χ4n) is 4.13. The van der Waals surface area contributed by atoms with Crippen LogP contribution in [0.2, 0.25) is 10.0 Å². The smallest absolute Gasteiger partial charge is 0.254 e. The first-order chi connectivity index (χ1) is 15.3. The molecule has 3 aromatic carbocycles. The molecule has 0 aliphatic carbocycles. The number of nitrogens with zero attached hydrogens (tertiary/aromatic N) is 1. The van der Waals surface area contributed by atoms with Gasteiger partial charge in [0.15, 0.2) is 15.6 Å². The summed E-state index contributed by atoms with van der Waals surface area (Å²) in [6, 6.07) is 16.5. The van der Waals surface area contributed by atoms with Crippen LogP contribution < -0.4 is 4.74 Å². The number of hydrogen-bond donors (Lipinski definition) is 0. The van der Waals surface area contributed by atoms with E-state index in [0.717, 1.165) is 16.3 Å². The third kappa shape index (κ3) is 4.72. The number of ether oxygens (including phenoxy) is 1. The lowest BCUT2D eigenvalue weighted by atomic mass is 10.0. The van der Waals surface area contributed by atoms with Gasteiger partial charge in [0.05, 0.1) is 28.2 Å². The van der Waals surface area contributed by atoms with E-state index in [1.165, 1.54) is 12.1 Å². The van der Waals surface area contributed by atoms with Gasteiger partial charge in [0.25, 0.3) is 5.91 Å². The average Bonchev–Trinajstić information content (AvgIpc) is 3.13. The highest BCUT2D eigenvalue weighted by molar-refractivity contribution is 7.91. The van der Waals surface area contributed by atoms with Crippen molar-refractivity contribution in [3.63, 3.8) is 0 Å². The normalized spacial score (nSPS) is 17.4. The van der Waals surface area contributed by atoms with Gasteiger partial charge in [-0.2, -0.15) is 0 Å². The monoisotopic (exact) mass is 491 g/mol. The summed E-state index contributed by atoms with van der Waals surface area (Å²) in [7, 11) is -3.19. The predicted molar refractivity (Wildman–Crippen MR) is 129 cm³/mol. The quantitative estimate of drug-likeness (QED) is 0.464. The maximum Gasteiger partial charge on any atom is 0.254 e. The maximum absolute atomic E-state index is 13.6. The molecule has 0 aromatic heterocycles. The zero-order valence-corrected chi connectivity index (χ0v) is 19.9. The van der Waals surface area contributed by atoms with E-state index >= 15 is 0 Å². The summed E-state index contributed by atoms with van der Waals surface area (Å²) in [5, 5.41) is 2.57. The number of sulfone groups is 1. The van der Waals surface area contributed by atoms with E-state index in [9.17, 15) is 13.2 Å². The highest BCUT2D eigenvalue weighted by atomic mass is 35.5. The Balaban J connectivity index is 1.74. The lowest BCUT2D eigenvalue weighted by Crippen LogP contribution is -2.40. The molecule has 1 heterocycles. The zero-order valence-electron chi connectivity index (χ0n) is 17.6. The molecule has 0 radical (unpaired) electrons. The second-order valence-corrected chi connectivity index (χ2v) is 10.9. The van der Waals surface area contributed by atoms with Crippen molar-refractivity contribution in [1.82, 2.24) is 4.90 Å². The molecule has 8 heteroatoms. The molecular formula is C24H23Cl2NO4S. The molecule has 0 N–H and O–H groups in total. The topological polar surface area (TPSA) is 63.7 Å². The number of carbonyl (C=O) groups is 1. The molecule has 3 aromatic rings. The van der Waals surface area contributed by atoms with Crippen molar-refractivity contribution in [2.24, 2.45) is 0 Å². The molecule has 1 unspecified atom stereocenters. The van der Waals surface area contributed by atoms with E-state index < -0.39 is 15.9 Å². The van der Waals surface area contributed by atoms with Gasteiger partial charge < -0.3 is 9.64 Å². The van der Waals surface area contributed by atoms with Crippen molar-refractivity contribution < 1.29 is 17.9 Å². The number of carbonyl (C=O) groups excluding carboxylic acids is 1. The van der Waals surface area contributed by atoms with Gasteiger partial charge in [-0.3, -0.25) is 4.79 Å². The number of halogens is 2. The van der Waals surface area contributed by atoms with Gasteiger partial charge in [-0.25, -0.2) is 8.42 Å². The number of rotatable bonds is 6. The van der Waals surface area contributed by atoms with E-state index in [1.54, 1.807) is 4.90 Å². The Morgan fingerprint density at radius 2 is 1.78 bits per heavy atom. The van der Waals surface area contributed by atoms with Gasteiger partial charge in [0.1, 0.15) is 0 Å². The molecule has 1 aliphatic rings. The second kappa shape index (κ2) is 9.30. The maximum atomic E-state index is 13.6. The first-order valence-corrected chi connectivity index (χ1v) is 13.0. The van der Waals surface area contributed by atoms with Crippen LogP contribution in [0.5, 0.6) is 5.75 Å². The number of benzene rings is 3. The summed E-state index contributed by atoms with van der Waals surface area (Å²) in [6.07, 6.45) is 0.400.